The van der Waals surface area contributed by atoms with Crippen LogP contribution in [0.1, 0.15) is 290 Å². The number of hydrogen-bond donors (Lipinski definition) is 0. The number of unbranched alkanes of at least 4 members (excludes halogenated alkanes) is 28. The first kappa shape index (κ1) is 69.3. The smallest absolute Gasteiger partial charge is 0.306 e. The highest BCUT2D eigenvalue weighted by molar-refractivity contribution is 5.71. The van der Waals surface area contributed by atoms with Gasteiger partial charge < -0.3 is 14.2 Å². The van der Waals surface area contributed by atoms with Crippen LogP contribution in [0, 0.1) is 0 Å². The van der Waals surface area contributed by atoms with E-state index in [9.17, 15) is 14.4 Å². The summed E-state index contributed by atoms with van der Waals surface area (Å²) in [5, 5.41) is 0. The van der Waals surface area contributed by atoms with Crippen molar-refractivity contribution in [3.05, 3.63) is 97.2 Å². The van der Waals surface area contributed by atoms with Crippen molar-refractivity contribution in [2.45, 2.75) is 297 Å². The molecule has 1 unspecified atom stereocenters. The Balaban J connectivity index is 4.38. The number of carbonyl (C=O) groups is 3. The maximum atomic E-state index is 12.9. The fourth-order valence-electron chi connectivity index (χ4n) is 8.50. The molecule has 0 spiro atoms. The van der Waals surface area contributed by atoms with Crippen LogP contribution in [0.3, 0.4) is 0 Å². The maximum Gasteiger partial charge on any atom is 0.306 e. The molecular weight excluding hydrogens is 901 g/mol. The van der Waals surface area contributed by atoms with Crippen LogP contribution in [0.25, 0.3) is 0 Å². The van der Waals surface area contributed by atoms with E-state index in [1.165, 1.54) is 128 Å². The molecule has 0 aromatic heterocycles. The summed E-state index contributed by atoms with van der Waals surface area (Å²) in [6, 6.07) is 0. The molecule has 6 heteroatoms. The van der Waals surface area contributed by atoms with E-state index in [-0.39, 0.29) is 31.1 Å². The number of carbonyl (C=O) groups excluding carboxylic acids is 3. The average molecular weight is 1020 g/mol. The third-order valence-corrected chi connectivity index (χ3v) is 13.1. The summed E-state index contributed by atoms with van der Waals surface area (Å²) < 4.78 is 16.9. The molecule has 0 N–H and O–H groups in total. The van der Waals surface area contributed by atoms with Gasteiger partial charge in [-0.1, -0.05) is 253 Å². The fraction of sp³-hybridized carbons (Fsp3) is 0.716. The van der Waals surface area contributed by atoms with E-state index in [4.69, 9.17) is 14.2 Å². The lowest BCUT2D eigenvalue weighted by molar-refractivity contribution is -0.167. The van der Waals surface area contributed by atoms with Crippen molar-refractivity contribution in [2.24, 2.45) is 0 Å². The van der Waals surface area contributed by atoms with Crippen molar-refractivity contribution in [3.63, 3.8) is 0 Å². The molecule has 418 valence electrons. The molecular formula is C67H114O6. The van der Waals surface area contributed by atoms with Gasteiger partial charge in [0, 0.05) is 19.3 Å². The highest BCUT2D eigenvalue weighted by atomic mass is 16.6. The highest BCUT2D eigenvalue weighted by Gasteiger charge is 2.19. The van der Waals surface area contributed by atoms with Crippen LogP contribution in [0.4, 0.5) is 0 Å². The Hall–Kier alpha value is -3.67. The zero-order valence-electron chi connectivity index (χ0n) is 47.9. The van der Waals surface area contributed by atoms with E-state index in [1.54, 1.807) is 0 Å². The second kappa shape index (κ2) is 60.9. The van der Waals surface area contributed by atoms with Crippen molar-refractivity contribution >= 4 is 17.9 Å². The van der Waals surface area contributed by atoms with Gasteiger partial charge in [0.2, 0.25) is 0 Å². The summed E-state index contributed by atoms with van der Waals surface area (Å²) >= 11 is 0. The van der Waals surface area contributed by atoms with Gasteiger partial charge in [0.25, 0.3) is 0 Å². The molecule has 0 radical (unpaired) electrons. The third kappa shape index (κ3) is 59.1. The van der Waals surface area contributed by atoms with Gasteiger partial charge in [-0.05, 0) is 116 Å². The minimum atomic E-state index is -0.790. The molecule has 0 aliphatic heterocycles. The van der Waals surface area contributed by atoms with Gasteiger partial charge in [0.1, 0.15) is 13.2 Å². The average Bonchev–Trinajstić information content (AvgIpc) is 3.39. The third-order valence-electron chi connectivity index (χ3n) is 13.1. The molecule has 0 aromatic rings. The maximum absolute atomic E-state index is 12.9. The Morgan fingerprint density at radius 1 is 0.288 bits per heavy atom. The molecule has 0 saturated heterocycles. The molecule has 1 atom stereocenters. The molecule has 0 bridgehead atoms. The van der Waals surface area contributed by atoms with Crippen molar-refractivity contribution < 1.29 is 28.6 Å². The van der Waals surface area contributed by atoms with Gasteiger partial charge in [-0.2, -0.15) is 0 Å². The lowest BCUT2D eigenvalue weighted by Crippen LogP contribution is -2.30. The monoisotopic (exact) mass is 1010 g/mol. The van der Waals surface area contributed by atoms with Crippen LogP contribution in [0.2, 0.25) is 0 Å². The number of esters is 3. The summed E-state index contributed by atoms with van der Waals surface area (Å²) in [4.78, 5) is 38.3. The molecule has 0 saturated carbocycles. The number of hydrogen-bond acceptors (Lipinski definition) is 6. The summed E-state index contributed by atoms with van der Waals surface area (Å²) in [7, 11) is 0. The molecule has 0 aromatic carbocycles. The van der Waals surface area contributed by atoms with Gasteiger partial charge in [-0.3, -0.25) is 14.4 Å². The van der Waals surface area contributed by atoms with Crippen LogP contribution in [-0.4, -0.2) is 37.2 Å². The lowest BCUT2D eigenvalue weighted by Gasteiger charge is -2.18. The zero-order chi connectivity index (χ0) is 52.9. The van der Waals surface area contributed by atoms with Crippen molar-refractivity contribution in [2.75, 3.05) is 13.2 Å². The topological polar surface area (TPSA) is 78.9 Å². The Morgan fingerprint density at radius 3 is 0.849 bits per heavy atom. The number of rotatable bonds is 55. The number of allylic oxidation sites excluding steroid dienone is 16. The summed E-state index contributed by atoms with van der Waals surface area (Å²) in [6.45, 7) is 6.41. The van der Waals surface area contributed by atoms with E-state index >= 15 is 0 Å². The van der Waals surface area contributed by atoms with Crippen molar-refractivity contribution in [1.29, 1.82) is 0 Å². The van der Waals surface area contributed by atoms with Gasteiger partial charge in [0.05, 0.1) is 0 Å². The van der Waals surface area contributed by atoms with Gasteiger partial charge in [0.15, 0.2) is 6.10 Å². The van der Waals surface area contributed by atoms with E-state index in [2.05, 4.69) is 118 Å². The quantitative estimate of drug-likeness (QED) is 0.0261. The normalized spacial score (nSPS) is 12.8. The Morgan fingerprint density at radius 2 is 0.534 bits per heavy atom. The highest BCUT2D eigenvalue weighted by Crippen LogP contribution is 2.16. The van der Waals surface area contributed by atoms with Crippen LogP contribution < -0.4 is 0 Å². The SMILES string of the molecule is CC/C=C\C/C=C\C/C=C\C/C=C\CCCCCCCCCCCCC(=O)OCC(COC(=O)CCCCCCC/C=C\C/C=C\C/C=C\CC)OC(=O)CCCCCCCCC/C=C\CCCCCCCC. The van der Waals surface area contributed by atoms with E-state index in [0.29, 0.717) is 19.3 Å². The molecule has 73 heavy (non-hydrogen) atoms. The van der Waals surface area contributed by atoms with Crippen molar-refractivity contribution in [3.8, 4) is 0 Å². The molecule has 0 fully saturated rings. The second-order valence-electron chi connectivity index (χ2n) is 20.2. The summed E-state index contributed by atoms with van der Waals surface area (Å²) in [5.74, 6) is -0.905. The largest absolute Gasteiger partial charge is 0.462 e. The minimum absolute atomic E-state index is 0.0867. The second-order valence-corrected chi connectivity index (χ2v) is 20.2. The predicted molar refractivity (Wildman–Crippen MR) is 316 cm³/mol. The van der Waals surface area contributed by atoms with Gasteiger partial charge in [-0.25, -0.2) is 0 Å². The minimum Gasteiger partial charge on any atom is -0.462 e. The fourth-order valence-corrected chi connectivity index (χ4v) is 8.50. The first-order valence-electron chi connectivity index (χ1n) is 30.7. The molecule has 0 rings (SSSR count). The first-order chi connectivity index (χ1) is 36.0. The Bertz CT molecular complexity index is 1440. The van der Waals surface area contributed by atoms with Crippen LogP contribution in [0.15, 0.2) is 97.2 Å². The van der Waals surface area contributed by atoms with E-state index < -0.39 is 6.10 Å². The van der Waals surface area contributed by atoms with Crippen molar-refractivity contribution in [1.82, 2.24) is 0 Å². The molecule has 0 amide bonds. The lowest BCUT2D eigenvalue weighted by atomic mass is 10.1. The summed E-state index contributed by atoms with van der Waals surface area (Å²) in [6.07, 6.45) is 81.2. The van der Waals surface area contributed by atoms with Gasteiger partial charge in [-0.15, -0.1) is 0 Å². The van der Waals surface area contributed by atoms with E-state index in [0.717, 1.165) is 122 Å². The van der Waals surface area contributed by atoms with Gasteiger partial charge >= 0.3 is 17.9 Å². The number of ether oxygens (including phenoxy) is 3. The van der Waals surface area contributed by atoms with Crippen LogP contribution in [-0.2, 0) is 28.6 Å². The molecule has 0 aliphatic carbocycles. The van der Waals surface area contributed by atoms with Crippen LogP contribution >= 0.6 is 0 Å². The van der Waals surface area contributed by atoms with Crippen LogP contribution in [0.5, 0.6) is 0 Å². The Labute approximate surface area is 451 Å². The first-order valence-corrected chi connectivity index (χ1v) is 30.7. The molecule has 0 aliphatic rings. The summed E-state index contributed by atoms with van der Waals surface area (Å²) in [5.41, 5.74) is 0. The van der Waals surface area contributed by atoms with E-state index in [1.807, 2.05) is 0 Å². The standard InChI is InChI=1S/C67H114O6/c1-4-7-10-13-16-19-22-25-28-30-31-32-33-34-35-37-39-42-45-48-51-54-57-60-66(69)72-63-64(62-71-65(68)59-56-53-50-47-44-41-38-27-24-21-18-15-12-9-6-3)73-67(70)61-58-55-52-49-46-43-40-36-29-26-23-20-17-14-11-8-5-2/h7,9-10,12,16,18-19,21,25-29,31-32,38,64H,4-6,8,11,13-15,17,20,22-24,30,33-37,39-63H2,1-3H3/b10-7-,12-9-,19-16-,21-18-,28-25-,29-26-,32-31-,38-27-. The zero-order valence-corrected chi connectivity index (χ0v) is 47.9. The molecule has 0 heterocycles. The molecule has 6 nitrogen and oxygen atoms in total. The Kier molecular flexibility index (Phi) is 57.8. The predicted octanol–water partition coefficient (Wildman–Crippen LogP) is 20.9.